The standard InChI is InChI=1S/C17H15ClN2O2.ClH/c18-9-1-3-14-12(7-9)11-5-6-19-16(17(11)20-14)13-8-10(21)2-4-15(13)22;/h1-4,7-8,16,19-22H,5-6H2;1H. The topological polar surface area (TPSA) is 68.3 Å². The summed E-state index contributed by atoms with van der Waals surface area (Å²) in [6.07, 6.45) is 0.895. The minimum absolute atomic E-state index is 0. The summed E-state index contributed by atoms with van der Waals surface area (Å²) in [5, 5.41) is 25.1. The van der Waals surface area contributed by atoms with Gasteiger partial charge in [0.2, 0.25) is 0 Å². The Labute approximate surface area is 144 Å². The molecule has 4 N–H and O–H groups in total. The number of rotatable bonds is 1. The lowest BCUT2D eigenvalue weighted by Crippen LogP contribution is -2.30. The van der Waals surface area contributed by atoms with E-state index in [9.17, 15) is 10.2 Å². The van der Waals surface area contributed by atoms with Crippen LogP contribution in [0.25, 0.3) is 10.9 Å². The number of fused-ring (bicyclic) bond motifs is 3. The number of hydrogen-bond acceptors (Lipinski definition) is 3. The Morgan fingerprint density at radius 1 is 1.09 bits per heavy atom. The van der Waals surface area contributed by atoms with Crippen LogP contribution in [0, 0.1) is 0 Å². The van der Waals surface area contributed by atoms with E-state index in [0.29, 0.717) is 10.6 Å². The molecule has 4 rings (SSSR count). The highest BCUT2D eigenvalue weighted by Crippen LogP contribution is 2.38. The molecule has 0 radical (unpaired) electrons. The molecule has 1 aliphatic rings. The highest BCUT2D eigenvalue weighted by Gasteiger charge is 2.27. The minimum atomic E-state index is -0.179. The average molecular weight is 351 g/mol. The molecule has 4 nitrogen and oxygen atoms in total. The molecule has 0 aliphatic carbocycles. The molecule has 0 spiro atoms. The summed E-state index contributed by atoms with van der Waals surface area (Å²) in [7, 11) is 0. The van der Waals surface area contributed by atoms with E-state index in [1.165, 1.54) is 17.7 Å². The molecule has 0 amide bonds. The van der Waals surface area contributed by atoms with Crippen LogP contribution in [-0.2, 0) is 6.42 Å². The van der Waals surface area contributed by atoms with E-state index in [1.807, 2.05) is 18.2 Å². The molecule has 23 heavy (non-hydrogen) atoms. The summed E-state index contributed by atoms with van der Waals surface area (Å²) >= 11 is 6.11. The average Bonchev–Trinajstić information content (AvgIpc) is 2.88. The van der Waals surface area contributed by atoms with E-state index >= 15 is 0 Å². The van der Waals surface area contributed by atoms with Crippen molar-refractivity contribution in [2.45, 2.75) is 12.5 Å². The SMILES string of the molecule is Cl.Oc1ccc(O)c(C2NCCc3c2[nH]c2ccc(Cl)cc32)c1. The lowest BCUT2D eigenvalue weighted by molar-refractivity contribution is 0.441. The van der Waals surface area contributed by atoms with Gasteiger partial charge in [-0.1, -0.05) is 11.6 Å². The number of aromatic nitrogens is 1. The Morgan fingerprint density at radius 2 is 1.91 bits per heavy atom. The number of nitrogens with one attached hydrogen (secondary N) is 2. The fourth-order valence-electron chi connectivity index (χ4n) is 3.24. The van der Waals surface area contributed by atoms with Crippen molar-refractivity contribution in [2.24, 2.45) is 0 Å². The highest BCUT2D eigenvalue weighted by atomic mass is 35.5. The van der Waals surface area contributed by atoms with Crippen LogP contribution in [0.3, 0.4) is 0 Å². The Balaban J connectivity index is 0.00000156. The molecule has 0 fully saturated rings. The number of H-pyrrole nitrogens is 1. The van der Waals surface area contributed by atoms with Crippen LogP contribution >= 0.6 is 24.0 Å². The van der Waals surface area contributed by atoms with Crippen molar-refractivity contribution < 1.29 is 10.2 Å². The molecule has 120 valence electrons. The summed E-state index contributed by atoms with van der Waals surface area (Å²) in [4.78, 5) is 3.42. The molecule has 1 aromatic heterocycles. The van der Waals surface area contributed by atoms with Gasteiger partial charge in [-0.2, -0.15) is 0 Å². The fraction of sp³-hybridized carbons (Fsp3) is 0.176. The zero-order valence-corrected chi connectivity index (χ0v) is 13.7. The number of phenols is 2. The van der Waals surface area contributed by atoms with Crippen molar-refractivity contribution in [3.05, 3.63) is 58.2 Å². The number of benzene rings is 2. The van der Waals surface area contributed by atoms with Crippen molar-refractivity contribution in [1.82, 2.24) is 10.3 Å². The van der Waals surface area contributed by atoms with Gasteiger partial charge in [0.15, 0.2) is 0 Å². The smallest absolute Gasteiger partial charge is 0.121 e. The van der Waals surface area contributed by atoms with Gasteiger partial charge < -0.3 is 20.5 Å². The van der Waals surface area contributed by atoms with Crippen LogP contribution in [0.2, 0.25) is 5.02 Å². The lowest BCUT2D eigenvalue weighted by atomic mass is 9.93. The monoisotopic (exact) mass is 350 g/mol. The number of halogens is 2. The van der Waals surface area contributed by atoms with Crippen molar-refractivity contribution in [2.75, 3.05) is 6.54 Å². The first-order valence-corrected chi connectivity index (χ1v) is 7.56. The summed E-state index contributed by atoms with van der Waals surface area (Å²) in [6, 6.07) is 10.2. The van der Waals surface area contributed by atoms with E-state index in [0.717, 1.165) is 29.6 Å². The second-order valence-electron chi connectivity index (χ2n) is 5.59. The third-order valence-corrected chi connectivity index (χ3v) is 4.47. The van der Waals surface area contributed by atoms with E-state index in [1.54, 1.807) is 6.07 Å². The fourth-order valence-corrected chi connectivity index (χ4v) is 3.41. The maximum Gasteiger partial charge on any atom is 0.121 e. The molecule has 1 aliphatic heterocycles. The summed E-state index contributed by atoms with van der Waals surface area (Å²) in [5.41, 5.74) is 3.93. The number of hydrogen-bond donors (Lipinski definition) is 4. The van der Waals surface area contributed by atoms with Crippen LogP contribution < -0.4 is 5.32 Å². The Hall–Kier alpha value is -1.88. The number of aromatic hydroxyl groups is 2. The first-order valence-electron chi connectivity index (χ1n) is 7.19. The zero-order chi connectivity index (χ0) is 15.3. The molecule has 0 bridgehead atoms. The van der Waals surface area contributed by atoms with Crippen molar-refractivity contribution >= 4 is 34.9 Å². The van der Waals surface area contributed by atoms with Gasteiger partial charge in [-0.05, 0) is 48.4 Å². The quantitative estimate of drug-likeness (QED) is 0.503. The predicted molar refractivity (Wildman–Crippen MR) is 93.9 cm³/mol. The van der Waals surface area contributed by atoms with Gasteiger partial charge >= 0.3 is 0 Å². The first kappa shape index (κ1) is 16.0. The number of aromatic amines is 1. The van der Waals surface area contributed by atoms with Gasteiger partial charge in [0, 0.05) is 33.7 Å². The number of phenolic OH excluding ortho intramolecular Hbond substituents is 2. The van der Waals surface area contributed by atoms with E-state index < -0.39 is 0 Å². The molecular weight excluding hydrogens is 335 g/mol. The first-order chi connectivity index (χ1) is 10.6. The van der Waals surface area contributed by atoms with E-state index in [2.05, 4.69) is 10.3 Å². The third-order valence-electron chi connectivity index (χ3n) is 4.24. The largest absolute Gasteiger partial charge is 0.508 e. The van der Waals surface area contributed by atoms with Gasteiger partial charge in [-0.25, -0.2) is 0 Å². The molecular formula is C17H16Cl2N2O2. The van der Waals surface area contributed by atoms with Crippen LogP contribution in [0.4, 0.5) is 0 Å². The van der Waals surface area contributed by atoms with Crippen molar-refractivity contribution in [1.29, 1.82) is 0 Å². The molecule has 1 unspecified atom stereocenters. The van der Waals surface area contributed by atoms with Crippen LogP contribution in [0.1, 0.15) is 22.9 Å². The van der Waals surface area contributed by atoms with Gasteiger partial charge in [0.1, 0.15) is 11.5 Å². The molecule has 2 aromatic carbocycles. The molecule has 1 atom stereocenters. The van der Waals surface area contributed by atoms with Crippen LogP contribution in [0.5, 0.6) is 11.5 Å². The summed E-state index contributed by atoms with van der Waals surface area (Å²) in [6.45, 7) is 0.798. The normalized spacial score (nSPS) is 16.8. The van der Waals surface area contributed by atoms with Gasteiger partial charge in [0.05, 0.1) is 6.04 Å². The summed E-state index contributed by atoms with van der Waals surface area (Å²) < 4.78 is 0. The maximum absolute atomic E-state index is 10.1. The van der Waals surface area contributed by atoms with Gasteiger partial charge in [-0.3, -0.25) is 0 Å². The van der Waals surface area contributed by atoms with Gasteiger partial charge in [0.25, 0.3) is 0 Å². The predicted octanol–water partition coefficient (Wildman–Crippen LogP) is 3.89. The Bertz CT molecular complexity index is 876. The second-order valence-corrected chi connectivity index (χ2v) is 6.02. The van der Waals surface area contributed by atoms with E-state index in [-0.39, 0.29) is 29.9 Å². The maximum atomic E-state index is 10.1. The zero-order valence-electron chi connectivity index (χ0n) is 12.1. The van der Waals surface area contributed by atoms with Crippen LogP contribution in [-0.4, -0.2) is 21.7 Å². The molecule has 2 heterocycles. The molecule has 3 aromatic rings. The molecule has 6 heteroatoms. The van der Waals surface area contributed by atoms with Crippen molar-refractivity contribution in [3.8, 4) is 11.5 Å². The highest BCUT2D eigenvalue weighted by molar-refractivity contribution is 6.31. The minimum Gasteiger partial charge on any atom is -0.508 e. The molecule has 0 saturated carbocycles. The third kappa shape index (κ3) is 2.63. The molecule has 0 saturated heterocycles. The van der Waals surface area contributed by atoms with Crippen molar-refractivity contribution in [3.63, 3.8) is 0 Å². The summed E-state index contributed by atoms with van der Waals surface area (Å²) in [5.74, 6) is 0.306. The lowest BCUT2D eigenvalue weighted by Gasteiger charge is -2.25. The second kappa shape index (κ2) is 5.96. The van der Waals surface area contributed by atoms with Crippen LogP contribution in [0.15, 0.2) is 36.4 Å². The Kier molecular flexibility index (Phi) is 4.15. The van der Waals surface area contributed by atoms with E-state index in [4.69, 9.17) is 11.6 Å². The Morgan fingerprint density at radius 3 is 2.74 bits per heavy atom. The van der Waals surface area contributed by atoms with Gasteiger partial charge in [-0.15, -0.1) is 12.4 Å².